The highest BCUT2D eigenvalue weighted by molar-refractivity contribution is 5.97. The van der Waals surface area contributed by atoms with Crippen LogP contribution in [0.15, 0.2) is 54.9 Å². The summed E-state index contributed by atoms with van der Waals surface area (Å²) in [5.41, 5.74) is 2.47. The van der Waals surface area contributed by atoms with Gasteiger partial charge in [-0.05, 0) is 24.3 Å². The lowest BCUT2D eigenvalue weighted by Crippen LogP contribution is -2.26. The molecule has 0 bridgehead atoms. The van der Waals surface area contributed by atoms with Gasteiger partial charge in [0.2, 0.25) is 0 Å². The molecule has 1 aromatic heterocycles. The molecular weight excluding hydrogens is 306 g/mol. The highest BCUT2D eigenvalue weighted by atomic mass is 16.5. The molecule has 0 fully saturated rings. The Morgan fingerprint density at radius 3 is 2.92 bits per heavy atom. The van der Waals surface area contributed by atoms with Crippen LogP contribution in [-0.2, 0) is 11.3 Å². The Hall–Kier alpha value is -3.35. The fourth-order valence-corrected chi connectivity index (χ4v) is 2.61. The van der Waals surface area contributed by atoms with Gasteiger partial charge in [-0.1, -0.05) is 24.3 Å². The number of rotatable bonds is 4. The second kappa shape index (κ2) is 6.04. The molecule has 4 rings (SSSR count). The van der Waals surface area contributed by atoms with Crippen molar-refractivity contribution in [1.82, 2.24) is 14.8 Å². The van der Waals surface area contributed by atoms with E-state index in [1.54, 1.807) is 6.33 Å². The van der Waals surface area contributed by atoms with Crippen molar-refractivity contribution >= 4 is 17.3 Å². The van der Waals surface area contributed by atoms with E-state index in [0.717, 1.165) is 17.2 Å². The first-order valence-corrected chi connectivity index (χ1v) is 7.55. The van der Waals surface area contributed by atoms with E-state index in [2.05, 4.69) is 20.8 Å². The van der Waals surface area contributed by atoms with Crippen molar-refractivity contribution in [3.63, 3.8) is 0 Å². The van der Waals surface area contributed by atoms with Crippen LogP contribution in [0.25, 0.3) is 5.69 Å². The topological polar surface area (TPSA) is 81.1 Å². The van der Waals surface area contributed by atoms with Crippen LogP contribution < -0.4 is 15.4 Å². The maximum atomic E-state index is 11.4. The van der Waals surface area contributed by atoms with Crippen LogP contribution in [0.5, 0.6) is 5.75 Å². The van der Waals surface area contributed by atoms with Crippen molar-refractivity contribution in [2.45, 2.75) is 6.54 Å². The lowest BCUT2D eigenvalue weighted by molar-refractivity contribution is -0.118. The zero-order valence-electron chi connectivity index (χ0n) is 12.8. The Bertz CT molecular complexity index is 876. The van der Waals surface area contributed by atoms with Gasteiger partial charge < -0.3 is 15.4 Å². The van der Waals surface area contributed by atoms with Gasteiger partial charge in [-0.2, -0.15) is 0 Å². The molecule has 0 spiro atoms. The first-order chi connectivity index (χ1) is 11.8. The van der Waals surface area contributed by atoms with Gasteiger partial charge in [0.1, 0.15) is 6.33 Å². The molecule has 0 aliphatic carbocycles. The van der Waals surface area contributed by atoms with Crippen molar-refractivity contribution < 1.29 is 9.53 Å². The minimum Gasteiger partial charge on any atom is -0.479 e. The minimum absolute atomic E-state index is 0.0197. The van der Waals surface area contributed by atoms with Gasteiger partial charge in [-0.15, -0.1) is 10.2 Å². The number of hydrogen-bond acceptors (Lipinski definition) is 5. The van der Waals surface area contributed by atoms with Crippen LogP contribution in [0.1, 0.15) is 5.82 Å². The summed E-state index contributed by atoms with van der Waals surface area (Å²) in [6.07, 6.45) is 1.68. The van der Waals surface area contributed by atoms with Gasteiger partial charge in [0.05, 0.1) is 17.9 Å². The number of carbonyl (C=O) groups is 1. The molecule has 7 heteroatoms. The van der Waals surface area contributed by atoms with Crippen LogP contribution in [0.3, 0.4) is 0 Å². The van der Waals surface area contributed by atoms with Crippen LogP contribution in [0.2, 0.25) is 0 Å². The number of aromatic nitrogens is 3. The monoisotopic (exact) mass is 321 g/mol. The van der Waals surface area contributed by atoms with Gasteiger partial charge in [-0.25, -0.2) is 0 Å². The van der Waals surface area contributed by atoms with Crippen LogP contribution in [0, 0.1) is 0 Å². The van der Waals surface area contributed by atoms with Gasteiger partial charge in [0.25, 0.3) is 5.91 Å². The average molecular weight is 321 g/mol. The van der Waals surface area contributed by atoms with Crippen molar-refractivity contribution in [2.75, 3.05) is 17.2 Å². The van der Waals surface area contributed by atoms with E-state index >= 15 is 0 Å². The molecule has 24 heavy (non-hydrogen) atoms. The number of para-hydroxylation sites is 2. The van der Waals surface area contributed by atoms with E-state index in [-0.39, 0.29) is 12.5 Å². The number of amides is 1. The zero-order chi connectivity index (χ0) is 16.4. The second-order valence-electron chi connectivity index (χ2n) is 5.33. The molecule has 2 N–H and O–H groups in total. The first-order valence-electron chi connectivity index (χ1n) is 7.55. The van der Waals surface area contributed by atoms with Crippen LogP contribution >= 0.6 is 0 Å². The number of fused-ring (bicyclic) bond motifs is 1. The number of ether oxygens (including phenoxy) is 1. The van der Waals surface area contributed by atoms with Crippen molar-refractivity contribution in [3.8, 4) is 11.4 Å². The highest BCUT2D eigenvalue weighted by Gasteiger charge is 2.19. The quantitative estimate of drug-likeness (QED) is 0.770. The SMILES string of the molecule is O=C1COc2c(NCc3nncn3-c3ccccc3)cccc2N1. The largest absolute Gasteiger partial charge is 0.479 e. The number of anilines is 2. The molecule has 3 aromatic rings. The predicted molar refractivity (Wildman–Crippen MR) is 89.3 cm³/mol. The Balaban J connectivity index is 1.56. The maximum absolute atomic E-state index is 11.4. The maximum Gasteiger partial charge on any atom is 0.262 e. The van der Waals surface area contributed by atoms with E-state index in [9.17, 15) is 4.79 Å². The molecule has 2 heterocycles. The summed E-state index contributed by atoms with van der Waals surface area (Å²) in [5.74, 6) is 1.27. The molecule has 1 aliphatic heterocycles. The summed E-state index contributed by atoms with van der Waals surface area (Å²) >= 11 is 0. The van der Waals surface area contributed by atoms with Crippen LogP contribution in [-0.4, -0.2) is 27.3 Å². The number of hydrogen-bond donors (Lipinski definition) is 2. The summed E-state index contributed by atoms with van der Waals surface area (Å²) in [7, 11) is 0. The summed E-state index contributed by atoms with van der Waals surface area (Å²) in [5, 5.41) is 14.3. The van der Waals surface area contributed by atoms with Crippen molar-refractivity contribution in [3.05, 3.63) is 60.7 Å². The molecule has 0 saturated heterocycles. The molecule has 0 unspecified atom stereocenters. The van der Waals surface area contributed by atoms with E-state index in [1.165, 1.54) is 0 Å². The van der Waals surface area contributed by atoms with Gasteiger partial charge in [0.15, 0.2) is 18.2 Å². The van der Waals surface area contributed by atoms with Gasteiger partial charge >= 0.3 is 0 Å². The predicted octanol–water partition coefficient (Wildman–Crippen LogP) is 2.21. The Morgan fingerprint density at radius 1 is 1.17 bits per heavy atom. The number of nitrogens with one attached hydrogen (secondary N) is 2. The first kappa shape index (κ1) is 14.3. The molecule has 1 aliphatic rings. The van der Waals surface area contributed by atoms with E-state index in [4.69, 9.17) is 4.74 Å². The molecule has 1 amide bonds. The normalized spacial score (nSPS) is 12.9. The number of carbonyl (C=O) groups excluding carboxylic acids is 1. The average Bonchev–Trinajstić information content (AvgIpc) is 3.09. The summed E-state index contributed by atoms with van der Waals surface area (Å²) < 4.78 is 7.46. The lowest BCUT2D eigenvalue weighted by Gasteiger charge is -2.21. The third kappa shape index (κ3) is 2.67. The third-order valence-electron chi connectivity index (χ3n) is 3.73. The van der Waals surface area contributed by atoms with Crippen molar-refractivity contribution in [2.24, 2.45) is 0 Å². The van der Waals surface area contributed by atoms with Gasteiger partial charge in [0, 0.05) is 5.69 Å². The number of nitrogens with zero attached hydrogens (tertiary/aromatic N) is 3. The molecule has 0 radical (unpaired) electrons. The molecule has 7 nitrogen and oxygen atoms in total. The molecule has 120 valence electrons. The molecular formula is C17H15N5O2. The standard InChI is InChI=1S/C17H15N5O2/c23-16-10-24-17-13(7-4-8-14(17)20-16)18-9-15-21-19-11-22(15)12-5-2-1-3-6-12/h1-8,11,18H,9-10H2,(H,20,23). The van der Waals surface area contributed by atoms with Gasteiger partial charge in [-0.3, -0.25) is 9.36 Å². The minimum atomic E-state index is -0.150. The summed E-state index contributed by atoms with van der Waals surface area (Å²) in [4.78, 5) is 11.4. The smallest absolute Gasteiger partial charge is 0.262 e. The Morgan fingerprint density at radius 2 is 2.04 bits per heavy atom. The van der Waals surface area contributed by atoms with Crippen molar-refractivity contribution in [1.29, 1.82) is 0 Å². The molecule has 0 atom stereocenters. The Labute approximate surface area is 138 Å². The third-order valence-corrected chi connectivity index (χ3v) is 3.73. The fraction of sp³-hybridized carbons (Fsp3) is 0.118. The van der Waals surface area contributed by atoms with E-state index < -0.39 is 0 Å². The zero-order valence-corrected chi connectivity index (χ0v) is 12.8. The highest BCUT2D eigenvalue weighted by Crippen LogP contribution is 2.35. The second-order valence-corrected chi connectivity index (χ2v) is 5.33. The number of benzene rings is 2. The van der Waals surface area contributed by atoms with Crippen LogP contribution in [0.4, 0.5) is 11.4 Å². The summed E-state index contributed by atoms with van der Waals surface area (Å²) in [6, 6.07) is 15.5. The fourth-order valence-electron chi connectivity index (χ4n) is 2.61. The lowest BCUT2D eigenvalue weighted by atomic mass is 10.2. The molecule has 2 aromatic carbocycles. The summed E-state index contributed by atoms with van der Waals surface area (Å²) in [6.45, 7) is 0.495. The molecule has 0 saturated carbocycles. The Kier molecular flexibility index (Phi) is 3.59. The van der Waals surface area contributed by atoms with E-state index in [1.807, 2.05) is 53.1 Å². The van der Waals surface area contributed by atoms with E-state index in [0.29, 0.717) is 18.0 Å².